The standard InChI is InChI=1S/C15H16N2O3S/c1-11-7-9-13(10-8-11)21(19,20)17-15(18)14(16)12-5-3-2-4-6-12/h2-10,14H,16H2,1H3,(H,17,18). The van der Waals surface area contributed by atoms with Crippen LogP contribution >= 0.6 is 0 Å². The van der Waals surface area contributed by atoms with E-state index in [1.54, 1.807) is 42.5 Å². The molecule has 0 heterocycles. The molecule has 110 valence electrons. The second kappa shape index (κ2) is 6.07. The zero-order valence-electron chi connectivity index (χ0n) is 11.5. The lowest BCUT2D eigenvalue weighted by atomic mass is 10.1. The van der Waals surface area contributed by atoms with Gasteiger partial charge in [-0.3, -0.25) is 4.79 Å². The second-order valence-corrected chi connectivity index (χ2v) is 6.35. The van der Waals surface area contributed by atoms with Crippen LogP contribution in [0, 0.1) is 6.92 Å². The van der Waals surface area contributed by atoms with Gasteiger partial charge in [0.1, 0.15) is 6.04 Å². The Kier molecular flexibility index (Phi) is 4.40. The molecule has 1 atom stereocenters. The zero-order chi connectivity index (χ0) is 15.5. The summed E-state index contributed by atoms with van der Waals surface area (Å²) in [6.07, 6.45) is 0. The number of carbonyl (C=O) groups excluding carboxylic acids is 1. The van der Waals surface area contributed by atoms with E-state index in [-0.39, 0.29) is 4.90 Å². The van der Waals surface area contributed by atoms with Gasteiger partial charge in [-0.2, -0.15) is 0 Å². The van der Waals surface area contributed by atoms with E-state index in [0.29, 0.717) is 5.56 Å². The van der Waals surface area contributed by atoms with Gasteiger partial charge >= 0.3 is 0 Å². The van der Waals surface area contributed by atoms with Crippen LogP contribution in [-0.4, -0.2) is 14.3 Å². The van der Waals surface area contributed by atoms with Crippen molar-refractivity contribution in [2.45, 2.75) is 17.9 Å². The fraction of sp³-hybridized carbons (Fsp3) is 0.133. The Bertz CT molecular complexity index is 725. The number of hydrogen-bond acceptors (Lipinski definition) is 4. The maximum Gasteiger partial charge on any atom is 0.264 e. The van der Waals surface area contributed by atoms with Gasteiger partial charge in [-0.05, 0) is 24.6 Å². The van der Waals surface area contributed by atoms with Crippen molar-refractivity contribution in [1.29, 1.82) is 0 Å². The van der Waals surface area contributed by atoms with Gasteiger partial charge in [0.2, 0.25) is 0 Å². The van der Waals surface area contributed by atoms with Crippen LogP contribution in [0.15, 0.2) is 59.5 Å². The van der Waals surface area contributed by atoms with Crippen molar-refractivity contribution < 1.29 is 13.2 Å². The molecule has 0 aromatic heterocycles. The molecule has 0 bridgehead atoms. The lowest BCUT2D eigenvalue weighted by Gasteiger charge is -2.13. The van der Waals surface area contributed by atoms with Gasteiger partial charge in [0, 0.05) is 0 Å². The molecule has 0 radical (unpaired) electrons. The topological polar surface area (TPSA) is 89.3 Å². The fourth-order valence-electron chi connectivity index (χ4n) is 1.78. The Hall–Kier alpha value is -2.18. The van der Waals surface area contributed by atoms with Crippen molar-refractivity contribution in [3.8, 4) is 0 Å². The number of benzene rings is 2. The van der Waals surface area contributed by atoms with E-state index in [4.69, 9.17) is 5.73 Å². The van der Waals surface area contributed by atoms with Gasteiger partial charge in [0.15, 0.2) is 0 Å². The van der Waals surface area contributed by atoms with E-state index in [2.05, 4.69) is 0 Å². The minimum atomic E-state index is -3.91. The molecule has 21 heavy (non-hydrogen) atoms. The fourth-order valence-corrected chi connectivity index (χ4v) is 2.79. The van der Waals surface area contributed by atoms with Crippen molar-refractivity contribution in [2.75, 3.05) is 0 Å². The smallest absolute Gasteiger partial charge is 0.264 e. The molecule has 2 aromatic rings. The summed E-state index contributed by atoms with van der Waals surface area (Å²) in [5, 5.41) is 0. The molecule has 1 amide bonds. The van der Waals surface area contributed by atoms with Crippen molar-refractivity contribution in [1.82, 2.24) is 4.72 Å². The summed E-state index contributed by atoms with van der Waals surface area (Å²) in [6, 6.07) is 13.8. The van der Waals surface area contributed by atoms with Crippen LogP contribution in [0.25, 0.3) is 0 Å². The van der Waals surface area contributed by atoms with E-state index in [0.717, 1.165) is 5.56 Å². The van der Waals surface area contributed by atoms with E-state index in [1.165, 1.54) is 12.1 Å². The average molecular weight is 304 g/mol. The number of carbonyl (C=O) groups is 1. The third kappa shape index (κ3) is 3.68. The number of hydrogen-bond donors (Lipinski definition) is 2. The molecule has 5 nitrogen and oxygen atoms in total. The Morgan fingerprint density at radius 2 is 1.62 bits per heavy atom. The third-order valence-electron chi connectivity index (χ3n) is 3.01. The normalized spacial score (nSPS) is 12.7. The maximum atomic E-state index is 12.1. The first-order valence-corrected chi connectivity index (χ1v) is 7.82. The molecule has 2 aromatic carbocycles. The van der Waals surface area contributed by atoms with Gasteiger partial charge in [0.25, 0.3) is 15.9 Å². The number of nitrogens with two attached hydrogens (primary N) is 1. The molecule has 0 spiro atoms. The molecule has 0 saturated heterocycles. The van der Waals surface area contributed by atoms with Crippen LogP contribution in [0.1, 0.15) is 17.2 Å². The highest BCUT2D eigenvalue weighted by molar-refractivity contribution is 7.90. The van der Waals surface area contributed by atoms with E-state index in [1.807, 2.05) is 11.6 Å². The molecule has 0 aliphatic heterocycles. The summed E-state index contributed by atoms with van der Waals surface area (Å²) in [4.78, 5) is 12.0. The van der Waals surface area contributed by atoms with Gasteiger partial charge in [0.05, 0.1) is 4.90 Å². The summed E-state index contributed by atoms with van der Waals surface area (Å²) >= 11 is 0. The van der Waals surface area contributed by atoms with Crippen LogP contribution in [-0.2, 0) is 14.8 Å². The summed E-state index contributed by atoms with van der Waals surface area (Å²) in [6.45, 7) is 1.85. The van der Waals surface area contributed by atoms with Crippen LogP contribution < -0.4 is 10.5 Å². The Labute approximate surface area is 123 Å². The molecular weight excluding hydrogens is 288 g/mol. The highest BCUT2D eigenvalue weighted by Crippen LogP contribution is 2.13. The van der Waals surface area contributed by atoms with Gasteiger partial charge < -0.3 is 5.73 Å². The first kappa shape index (κ1) is 15.2. The second-order valence-electron chi connectivity index (χ2n) is 4.67. The van der Waals surface area contributed by atoms with Crippen molar-refractivity contribution in [3.05, 3.63) is 65.7 Å². The van der Waals surface area contributed by atoms with E-state index < -0.39 is 22.0 Å². The average Bonchev–Trinajstić information content (AvgIpc) is 2.47. The molecule has 1 unspecified atom stereocenters. The maximum absolute atomic E-state index is 12.1. The van der Waals surface area contributed by atoms with Crippen LogP contribution in [0.3, 0.4) is 0 Å². The molecular formula is C15H16N2O3S. The lowest BCUT2D eigenvalue weighted by Crippen LogP contribution is -2.38. The summed E-state index contributed by atoms with van der Waals surface area (Å²) in [7, 11) is -3.91. The molecule has 3 N–H and O–H groups in total. The number of aryl methyl sites for hydroxylation is 1. The number of nitrogens with one attached hydrogen (secondary N) is 1. The lowest BCUT2D eigenvalue weighted by molar-refractivity contribution is -0.120. The molecule has 0 saturated carbocycles. The van der Waals surface area contributed by atoms with Crippen molar-refractivity contribution >= 4 is 15.9 Å². The number of rotatable bonds is 4. The monoisotopic (exact) mass is 304 g/mol. The van der Waals surface area contributed by atoms with Crippen molar-refractivity contribution in [3.63, 3.8) is 0 Å². The highest BCUT2D eigenvalue weighted by Gasteiger charge is 2.22. The molecule has 0 aliphatic carbocycles. The van der Waals surface area contributed by atoms with E-state index in [9.17, 15) is 13.2 Å². The minimum Gasteiger partial charge on any atom is -0.316 e. The Balaban J connectivity index is 2.17. The summed E-state index contributed by atoms with van der Waals surface area (Å²) in [5.41, 5.74) is 7.25. The Morgan fingerprint density at radius 1 is 1.05 bits per heavy atom. The van der Waals surface area contributed by atoms with Gasteiger partial charge in [-0.1, -0.05) is 48.0 Å². The largest absolute Gasteiger partial charge is 0.316 e. The summed E-state index contributed by atoms with van der Waals surface area (Å²) < 4.78 is 26.2. The number of amides is 1. The van der Waals surface area contributed by atoms with Crippen molar-refractivity contribution in [2.24, 2.45) is 5.73 Å². The predicted molar refractivity (Wildman–Crippen MR) is 79.9 cm³/mol. The highest BCUT2D eigenvalue weighted by atomic mass is 32.2. The quantitative estimate of drug-likeness (QED) is 0.896. The SMILES string of the molecule is Cc1ccc(S(=O)(=O)NC(=O)C(N)c2ccccc2)cc1. The van der Waals surface area contributed by atoms with Gasteiger partial charge in [-0.15, -0.1) is 0 Å². The van der Waals surface area contributed by atoms with Crippen LogP contribution in [0.4, 0.5) is 0 Å². The molecule has 0 fully saturated rings. The molecule has 2 rings (SSSR count). The number of sulfonamides is 1. The van der Waals surface area contributed by atoms with E-state index >= 15 is 0 Å². The van der Waals surface area contributed by atoms with Gasteiger partial charge in [-0.25, -0.2) is 13.1 Å². The third-order valence-corrected chi connectivity index (χ3v) is 4.37. The Morgan fingerprint density at radius 3 is 2.19 bits per heavy atom. The summed E-state index contributed by atoms with van der Waals surface area (Å²) in [5.74, 6) is -0.762. The van der Waals surface area contributed by atoms with Crippen LogP contribution in [0.2, 0.25) is 0 Å². The van der Waals surface area contributed by atoms with Crippen LogP contribution in [0.5, 0.6) is 0 Å². The first-order valence-electron chi connectivity index (χ1n) is 6.34. The predicted octanol–water partition coefficient (Wildman–Crippen LogP) is 1.50. The minimum absolute atomic E-state index is 0.0294. The molecule has 0 aliphatic rings. The molecule has 6 heteroatoms. The zero-order valence-corrected chi connectivity index (χ0v) is 12.3. The first-order chi connectivity index (χ1) is 9.90.